The molecule has 0 saturated carbocycles. The van der Waals surface area contributed by atoms with Crippen LogP contribution in [0, 0.1) is 23.7 Å². The molecule has 14 nitrogen and oxygen atoms in total. The highest BCUT2D eigenvalue weighted by atomic mass is 16.5. The highest BCUT2D eigenvalue weighted by molar-refractivity contribution is 5.90. The van der Waals surface area contributed by atoms with E-state index in [2.05, 4.69) is 20.9 Å². The molecule has 0 aliphatic carbocycles. The van der Waals surface area contributed by atoms with Gasteiger partial charge in [0.1, 0.15) is 12.1 Å². The Labute approximate surface area is 332 Å². The number of nitrogens with zero attached hydrogens (tertiary/aromatic N) is 3. The number of hydrogen-bond donors (Lipinski definition) is 4. The van der Waals surface area contributed by atoms with E-state index in [1.54, 1.807) is 43.1 Å². The number of likely N-dealkylation sites (tertiary alicyclic amines) is 1. The van der Waals surface area contributed by atoms with E-state index in [0.29, 0.717) is 25.8 Å². The van der Waals surface area contributed by atoms with Gasteiger partial charge in [-0.1, -0.05) is 67.0 Å². The van der Waals surface area contributed by atoms with Gasteiger partial charge in [0.2, 0.25) is 23.6 Å². The summed E-state index contributed by atoms with van der Waals surface area (Å²) >= 11 is 0. The summed E-state index contributed by atoms with van der Waals surface area (Å²) in [7, 11) is 6.46. The number of benzene rings is 1. The van der Waals surface area contributed by atoms with Gasteiger partial charge in [-0.3, -0.25) is 24.2 Å². The van der Waals surface area contributed by atoms with Crippen LogP contribution in [0.15, 0.2) is 36.5 Å². The zero-order valence-corrected chi connectivity index (χ0v) is 35.2. The maximum absolute atomic E-state index is 14.2. The SMILES string of the molecule is CC[C@H](C)[C@@H]([C@@H](CC(=O)N1CCC[C@H]1[C@H](OC)[C@@H](C)C(=O)N[C@@H](Cc1ccc2ncccc2c1)C(=O)O)OC)N(C)C(=O)[C@@H](NC(=O)[C@@H](NC)C(C)C)C(C)C. The van der Waals surface area contributed by atoms with Gasteiger partial charge in [0, 0.05) is 45.8 Å². The lowest BCUT2D eigenvalue weighted by Gasteiger charge is -2.41. The fourth-order valence-corrected chi connectivity index (χ4v) is 8.04. The highest BCUT2D eigenvalue weighted by Crippen LogP contribution is 2.30. The summed E-state index contributed by atoms with van der Waals surface area (Å²) in [6.45, 7) is 13.8. The number of likely N-dealkylation sites (N-methyl/N-ethyl adjacent to an activating group) is 2. The van der Waals surface area contributed by atoms with E-state index in [1.807, 2.05) is 65.8 Å². The number of carboxylic acid groups (broad SMARTS) is 1. The van der Waals surface area contributed by atoms with Gasteiger partial charge in [0.15, 0.2) is 0 Å². The maximum Gasteiger partial charge on any atom is 0.326 e. The number of rotatable bonds is 21. The smallest absolute Gasteiger partial charge is 0.326 e. The molecule has 0 spiro atoms. The molecule has 14 heteroatoms. The summed E-state index contributed by atoms with van der Waals surface area (Å²) in [4.78, 5) is 75.2. The number of carbonyl (C=O) groups excluding carboxylic acids is 4. The molecule has 1 aliphatic heterocycles. The standard InChI is InChI=1S/C42H66N6O8/c1-12-26(6)37(47(9)41(52)36(25(4)5)46-40(51)35(43-8)24(2)3)33(55-10)23-34(49)48-20-14-16-32(48)38(56-11)27(7)39(50)45-31(42(53)54)22-28-17-18-30-29(21-28)15-13-19-44-30/h13,15,17-19,21,24-27,31-33,35-38,43H,12,14,16,20,22-23H2,1-11H3,(H,45,50)(H,46,51)(H,53,54)/t26-,27+,31-,32-,33+,35-,36-,37-,38+/m0/s1. The van der Waals surface area contributed by atoms with E-state index >= 15 is 0 Å². The van der Waals surface area contributed by atoms with Crippen LogP contribution < -0.4 is 16.0 Å². The molecular weight excluding hydrogens is 716 g/mol. The molecule has 9 atom stereocenters. The van der Waals surface area contributed by atoms with Crippen molar-refractivity contribution in [2.24, 2.45) is 23.7 Å². The number of ether oxygens (including phenoxy) is 2. The third-order valence-corrected chi connectivity index (χ3v) is 11.5. The van der Waals surface area contributed by atoms with Gasteiger partial charge in [-0.15, -0.1) is 0 Å². The Hall–Kier alpha value is -4.14. The number of aromatic nitrogens is 1. The van der Waals surface area contributed by atoms with Crippen molar-refractivity contribution in [1.29, 1.82) is 0 Å². The van der Waals surface area contributed by atoms with Crippen molar-refractivity contribution < 1.29 is 38.6 Å². The normalized spacial score (nSPS) is 18.8. The lowest BCUT2D eigenvalue weighted by Crippen LogP contribution is -2.59. The molecule has 1 aliphatic rings. The molecule has 0 bridgehead atoms. The van der Waals surface area contributed by atoms with Crippen molar-refractivity contribution in [1.82, 2.24) is 30.7 Å². The number of nitrogens with one attached hydrogen (secondary N) is 3. The summed E-state index contributed by atoms with van der Waals surface area (Å²) in [5.41, 5.74) is 1.54. The van der Waals surface area contributed by atoms with E-state index < -0.39 is 60.2 Å². The van der Waals surface area contributed by atoms with E-state index in [4.69, 9.17) is 9.47 Å². The lowest BCUT2D eigenvalue weighted by atomic mass is 9.89. The quantitative estimate of drug-likeness (QED) is 0.146. The van der Waals surface area contributed by atoms with Crippen molar-refractivity contribution >= 4 is 40.5 Å². The molecule has 1 saturated heterocycles. The van der Waals surface area contributed by atoms with E-state index in [1.165, 1.54) is 14.2 Å². The minimum atomic E-state index is -1.18. The topological polar surface area (TPSA) is 180 Å². The summed E-state index contributed by atoms with van der Waals surface area (Å²) in [5.74, 6) is -3.37. The average Bonchev–Trinajstić information content (AvgIpc) is 3.65. The third kappa shape index (κ3) is 11.5. The Morgan fingerprint density at radius 3 is 2.21 bits per heavy atom. The van der Waals surface area contributed by atoms with Crippen molar-refractivity contribution in [2.45, 2.75) is 123 Å². The second-order valence-electron chi connectivity index (χ2n) is 16.0. The van der Waals surface area contributed by atoms with Crippen LogP contribution in [-0.4, -0.2) is 127 Å². The number of fused-ring (bicyclic) bond motifs is 1. The molecule has 312 valence electrons. The van der Waals surface area contributed by atoms with Crippen molar-refractivity contribution in [3.8, 4) is 0 Å². The first-order valence-electron chi connectivity index (χ1n) is 20.0. The number of carboxylic acids is 1. The monoisotopic (exact) mass is 782 g/mol. The molecule has 2 aromatic rings. The second kappa shape index (κ2) is 21.4. The van der Waals surface area contributed by atoms with Crippen LogP contribution in [0.5, 0.6) is 0 Å². The minimum Gasteiger partial charge on any atom is -0.480 e. The van der Waals surface area contributed by atoms with Gasteiger partial charge >= 0.3 is 5.97 Å². The molecular formula is C42H66N6O8. The van der Waals surface area contributed by atoms with Gasteiger partial charge in [-0.05, 0) is 61.4 Å². The number of pyridine rings is 1. The van der Waals surface area contributed by atoms with E-state index in [-0.39, 0.29) is 48.3 Å². The molecule has 3 rings (SSSR count). The van der Waals surface area contributed by atoms with E-state index in [0.717, 1.165) is 16.5 Å². The Kier molecular flexibility index (Phi) is 17.7. The fourth-order valence-electron chi connectivity index (χ4n) is 8.04. The third-order valence-electron chi connectivity index (χ3n) is 11.5. The predicted octanol–water partition coefficient (Wildman–Crippen LogP) is 3.65. The van der Waals surface area contributed by atoms with Crippen LogP contribution in [0.2, 0.25) is 0 Å². The van der Waals surface area contributed by atoms with Gasteiger partial charge in [-0.2, -0.15) is 0 Å². The first-order chi connectivity index (χ1) is 26.5. The molecule has 0 radical (unpaired) electrons. The van der Waals surface area contributed by atoms with Crippen molar-refractivity contribution in [3.63, 3.8) is 0 Å². The Balaban J connectivity index is 1.77. The number of carbonyl (C=O) groups is 5. The number of amides is 4. The van der Waals surface area contributed by atoms with Crippen LogP contribution in [0.1, 0.15) is 79.7 Å². The van der Waals surface area contributed by atoms with Crippen LogP contribution >= 0.6 is 0 Å². The average molecular weight is 783 g/mol. The second-order valence-corrected chi connectivity index (χ2v) is 16.0. The summed E-state index contributed by atoms with van der Waals surface area (Å²) in [5, 5.41) is 19.7. The minimum absolute atomic E-state index is 0.0164. The van der Waals surface area contributed by atoms with E-state index in [9.17, 15) is 29.1 Å². The van der Waals surface area contributed by atoms with Gasteiger partial charge in [0.05, 0.1) is 48.2 Å². The van der Waals surface area contributed by atoms with Crippen molar-refractivity contribution in [2.75, 3.05) is 34.9 Å². The first-order valence-corrected chi connectivity index (χ1v) is 20.0. The zero-order valence-electron chi connectivity index (χ0n) is 35.2. The molecule has 1 aromatic carbocycles. The summed E-state index contributed by atoms with van der Waals surface area (Å²) in [6, 6.07) is 5.86. The molecule has 4 amide bonds. The molecule has 2 heterocycles. The summed E-state index contributed by atoms with van der Waals surface area (Å²) in [6.07, 6.45) is 2.38. The fraction of sp³-hybridized carbons (Fsp3) is 0.667. The number of methoxy groups -OCH3 is 2. The maximum atomic E-state index is 14.2. The van der Waals surface area contributed by atoms with Crippen LogP contribution in [-0.2, 0) is 39.9 Å². The van der Waals surface area contributed by atoms with Crippen LogP contribution in [0.4, 0.5) is 0 Å². The van der Waals surface area contributed by atoms with Gasteiger partial charge in [0.25, 0.3) is 0 Å². The zero-order chi connectivity index (χ0) is 41.9. The van der Waals surface area contributed by atoms with Gasteiger partial charge in [-0.25, -0.2) is 4.79 Å². The van der Waals surface area contributed by atoms with Gasteiger partial charge < -0.3 is 40.3 Å². The Bertz CT molecular complexity index is 1640. The number of aliphatic carboxylic acids is 1. The first kappa shape index (κ1) is 46.2. The largest absolute Gasteiger partial charge is 0.480 e. The number of hydrogen-bond acceptors (Lipinski definition) is 9. The molecule has 0 unspecified atom stereocenters. The Morgan fingerprint density at radius 1 is 0.964 bits per heavy atom. The molecule has 4 N–H and O–H groups in total. The van der Waals surface area contributed by atoms with Crippen LogP contribution in [0.25, 0.3) is 10.9 Å². The molecule has 56 heavy (non-hydrogen) atoms. The van der Waals surface area contributed by atoms with Crippen LogP contribution in [0.3, 0.4) is 0 Å². The predicted molar refractivity (Wildman–Crippen MR) is 216 cm³/mol. The Morgan fingerprint density at radius 2 is 1.64 bits per heavy atom. The summed E-state index contributed by atoms with van der Waals surface area (Å²) < 4.78 is 11.9. The molecule has 1 fully saturated rings. The molecule has 1 aromatic heterocycles. The van der Waals surface area contributed by atoms with Crippen molar-refractivity contribution in [3.05, 3.63) is 42.1 Å². The highest BCUT2D eigenvalue weighted by Gasteiger charge is 2.43. The lowest BCUT2D eigenvalue weighted by molar-refractivity contribution is -0.148.